The molecular weight excluding hydrogens is 433 g/mol. The summed E-state index contributed by atoms with van der Waals surface area (Å²) in [4.78, 5) is 34.4. The van der Waals surface area contributed by atoms with Crippen LogP contribution in [0.4, 0.5) is 4.39 Å². The Balaban J connectivity index is 1.81. The van der Waals surface area contributed by atoms with E-state index in [1.165, 1.54) is 12.1 Å². The number of carbonyl (C=O) groups is 2. The predicted octanol–water partition coefficient (Wildman–Crippen LogP) is 2.02. The van der Waals surface area contributed by atoms with E-state index in [1.54, 1.807) is 30.3 Å². The number of aromatic amines is 1. The molecule has 0 aliphatic carbocycles. The monoisotopic (exact) mass is 449 g/mol. The number of rotatable bonds is 8. The fraction of sp³-hybridized carbons (Fsp3) is 0.150. The van der Waals surface area contributed by atoms with Gasteiger partial charge in [0.1, 0.15) is 5.82 Å². The normalized spacial score (nSPS) is 12.0. The van der Waals surface area contributed by atoms with E-state index in [2.05, 4.69) is 5.43 Å². The zero-order valence-corrected chi connectivity index (χ0v) is 16.6. The Kier molecular flexibility index (Phi) is 6.85. The topological polar surface area (TPSA) is 136 Å². The fourth-order valence-corrected chi connectivity index (χ4v) is 2.99. The molecule has 3 rings (SSSR count). The number of hydrazine groups is 1. The van der Waals surface area contributed by atoms with Crippen LogP contribution in [-0.2, 0) is 11.3 Å². The number of nitrogens with one attached hydrogen (secondary N) is 2. The minimum Gasteiger partial charge on any atom is -0.479 e. The highest BCUT2D eigenvalue weighted by molar-refractivity contribution is 6.30. The highest BCUT2D eigenvalue weighted by Crippen LogP contribution is 2.26. The Labute approximate surface area is 179 Å². The smallest absolute Gasteiger partial charge is 0.333 e. The predicted molar refractivity (Wildman–Crippen MR) is 108 cm³/mol. The van der Waals surface area contributed by atoms with E-state index in [1.807, 2.05) is 5.16 Å². The molecule has 31 heavy (non-hydrogen) atoms. The minimum atomic E-state index is -1.82. The van der Waals surface area contributed by atoms with Crippen molar-refractivity contribution in [3.63, 3.8) is 0 Å². The van der Waals surface area contributed by atoms with Crippen molar-refractivity contribution in [2.24, 2.45) is 0 Å². The van der Waals surface area contributed by atoms with Crippen LogP contribution in [0.25, 0.3) is 11.1 Å². The van der Waals surface area contributed by atoms with Gasteiger partial charge in [0.2, 0.25) is 5.76 Å². The summed E-state index contributed by atoms with van der Waals surface area (Å²) in [7, 11) is 0. The first kappa shape index (κ1) is 22.2. The van der Waals surface area contributed by atoms with E-state index in [0.717, 1.165) is 11.1 Å². The molecule has 1 heterocycles. The van der Waals surface area contributed by atoms with Crippen molar-refractivity contribution in [2.75, 3.05) is 6.54 Å². The number of aliphatic hydroxyl groups is 1. The molecule has 0 fully saturated rings. The van der Waals surface area contributed by atoms with E-state index < -0.39 is 35.9 Å². The number of aromatic nitrogens is 1. The Morgan fingerprint density at radius 2 is 2.00 bits per heavy atom. The summed E-state index contributed by atoms with van der Waals surface area (Å²) in [6.45, 7) is -0.648. The molecule has 0 bridgehead atoms. The number of benzene rings is 2. The summed E-state index contributed by atoms with van der Waals surface area (Å²) in [5.41, 5.74) is 2.96. The van der Waals surface area contributed by atoms with Gasteiger partial charge >= 0.3 is 11.9 Å². The van der Waals surface area contributed by atoms with Gasteiger partial charge in [-0.25, -0.2) is 14.2 Å². The van der Waals surface area contributed by atoms with Crippen molar-refractivity contribution in [1.29, 1.82) is 0 Å². The average molecular weight is 450 g/mol. The van der Waals surface area contributed by atoms with E-state index >= 15 is 0 Å². The minimum absolute atomic E-state index is 0.141. The van der Waals surface area contributed by atoms with Crippen LogP contribution >= 0.6 is 11.6 Å². The molecule has 0 spiro atoms. The van der Waals surface area contributed by atoms with Crippen molar-refractivity contribution in [3.8, 4) is 11.1 Å². The molecule has 3 aromatic rings. The van der Waals surface area contributed by atoms with Gasteiger partial charge in [0.05, 0.1) is 12.6 Å². The third-order valence-corrected chi connectivity index (χ3v) is 4.46. The first-order valence-electron chi connectivity index (χ1n) is 8.92. The highest BCUT2D eigenvalue weighted by Gasteiger charge is 2.22. The number of amides is 1. The van der Waals surface area contributed by atoms with Crippen molar-refractivity contribution >= 4 is 23.5 Å². The first-order valence-corrected chi connectivity index (χ1v) is 9.30. The molecule has 0 radical (unpaired) electrons. The van der Waals surface area contributed by atoms with Crippen LogP contribution in [0.5, 0.6) is 0 Å². The van der Waals surface area contributed by atoms with Crippen molar-refractivity contribution in [2.45, 2.75) is 12.6 Å². The van der Waals surface area contributed by atoms with E-state index in [-0.39, 0.29) is 12.3 Å². The number of carbonyl (C=O) groups excluding carboxylic acids is 1. The second kappa shape index (κ2) is 9.56. The molecule has 1 atom stereocenters. The van der Waals surface area contributed by atoms with Crippen LogP contribution in [0.2, 0.25) is 5.02 Å². The number of aliphatic carboxylic acids is 1. The van der Waals surface area contributed by atoms with Crippen LogP contribution in [-0.4, -0.2) is 44.9 Å². The third-order valence-electron chi connectivity index (χ3n) is 4.23. The molecule has 0 aliphatic rings. The molecule has 0 saturated heterocycles. The standard InChI is InChI=1S/C20H17ClFN3O6/c21-13-3-1-2-12(7-13)14-5-4-11(6-15(14)22)9-25(10-16(26)20(29)30)23-19(28)17-8-18(27)24-31-17/h1-8,16,26H,9-10H2,(H,23,28)(H,24,27)(H,29,30). The molecule has 1 unspecified atom stereocenters. The molecule has 11 heteroatoms. The number of nitrogens with zero attached hydrogens (tertiary/aromatic N) is 1. The number of hydrogen-bond donors (Lipinski definition) is 4. The maximum absolute atomic E-state index is 14.7. The summed E-state index contributed by atoms with van der Waals surface area (Å²) in [6, 6.07) is 11.9. The number of carboxylic acids is 1. The van der Waals surface area contributed by atoms with Crippen LogP contribution in [0.1, 0.15) is 16.1 Å². The molecule has 162 valence electrons. The summed E-state index contributed by atoms with van der Waals surface area (Å²) < 4.78 is 19.4. The lowest BCUT2D eigenvalue weighted by molar-refractivity contribution is -0.148. The summed E-state index contributed by atoms with van der Waals surface area (Å²) >= 11 is 5.95. The van der Waals surface area contributed by atoms with Gasteiger partial charge in [-0.05, 0) is 29.3 Å². The zero-order valence-electron chi connectivity index (χ0n) is 15.8. The second-order valence-corrected chi connectivity index (χ2v) is 7.01. The van der Waals surface area contributed by atoms with E-state index in [4.69, 9.17) is 21.2 Å². The summed E-state index contributed by atoms with van der Waals surface area (Å²) in [5.74, 6) is -3.26. The molecular formula is C20H17ClFN3O6. The van der Waals surface area contributed by atoms with Crippen LogP contribution in [0.3, 0.4) is 0 Å². The second-order valence-electron chi connectivity index (χ2n) is 6.58. The lowest BCUT2D eigenvalue weighted by Gasteiger charge is -2.24. The van der Waals surface area contributed by atoms with Gasteiger partial charge in [0, 0.05) is 17.1 Å². The van der Waals surface area contributed by atoms with Crippen molar-refractivity contribution in [3.05, 3.63) is 81.0 Å². The number of carboxylic acid groups (broad SMARTS) is 1. The van der Waals surface area contributed by atoms with Gasteiger partial charge in [-0.1, -0.05) is 35.9 Å². The van der Waals surface area contributed by atoms with Crippen molar-refractivity contribution in [1.82, 2.24) is 15.6 Å². The molecule has 0 aliphatic heterocycles. The van der Waals surface area contributed by atoms with Crippen LogP contribution in [0, 0.1) is 5.82 Å². The number of aliphatic hydroxyl groups excluding tert-OH is 1. The number of H-pyrrole nitrogens is 1. The Bertz CT molecular complexity index is 1160. The number of hydrogen-bond acceptors (Lipinski definition) is 6. The van der Waals surface area contributed by atoms with Gasteiger partial charge in [-0.2, -0.15) is 5.16 Å². The average Bonchev–Trinajstić information content (AvgIpc) is 3.14. The van der Waals surface area contributed by atoms with Gasteiger partial charge in [0.25, 0.3) is 5.56 Å². The Morgan fingerprint density at radius 3 is 2.61 bits per heavy atom. The van der Waals surface area contributed by atoms with Crippen LogP contribution < -0.4 is 11.0 Å². The largest absolute Gasteiger partial charge is 0.479 e. The molecule has 0 saturated carbocycles. The van der Waals surface area contributed by atoms with Gasteiger partial charge < -0.3 is 14.7 Å². The van der Waals surface area contributed by atoms with E-state index in [0.29, 0.717) is 21.7 Å². The van der Waals surface area contributed by atoms with Crippen LogP contribution in [0.15, 0.2) is 57.8 Å². The molecule has 1 amide bonds. The maximum atomic E-state index is 14.7. The molecule has 2 aromatic carbocycles. The molecule has 4 N–H and O–H groups in total. The fourth-order valence-electron chi connectivity index (χ4n) is 2.80. The quantitative estimate of drug-likeness (QED) is 0.386. The highest BCUT2D eigenvalue weighted by atomic mass is 35.5. The molecule has 9 nitrogen and oxygen atoms in total. The van der Waals surface area contributed by atoms with Crippen molar-refractivity contribution < 1.29 is 28.7 Å². The SMILES string of the molecule is O=C(NN(Cc1ccc(-c2cccc(Cl)c2)c(F)c1)CC(O)C(=O)O)c1cc(=O)[nH]o1. The van der Waals surface area contributed by atoms with Gasteiger partial charge in [-0.15, -0.1) is 0 Å². The Hall–Kier alpha value is -3.47. The molecule has 1 aromatic heterocycles. The first-order chi connectivity index (χ1) is 14.7. The summed E-state index contributed by atoms with van der Waals surface area (Å²) in [5, 5.41) is 22.1. The summed E-state index contributed by atoms with van der Waals surface area (Å²) in [6.07, 6.45) is -1.82. The van der Waals surface area contributed by atoms with Gasteiger partial charge in [0.15, 0.2) is 6.10 Å². The Morgan fingerprint density at radius 1 is 1.23 bits per heavy atom. The van der Waals surface area contributed by atoms with Gasteiger partial charge in [-0.3, -0.25) is 15.0 Å². The lowest BCUT2D eigenvalue weighted by atomic mass is 10.0. The lowest BCUT2D eigenvalue weighted by Crippen LogP contribution is -2.47. The zero-order chi connectivity index (χ0) is 22.5. The third kappa shape index (κ3) is 5.79. The maximum Gasteiger partial charge on any atom is 0.333 e. The number of halogens is 2. The van der Waals surface area contributed by atoms with E-state index in [9.17, 15) is 23.9 Å².